The average Bonchev–Trinajstić information content (AvgIpc) is 3.09. The van der Waals surface area contributed by atoms with Crippen LogP contribution in [-0.4, -0.2) is 32.3 Å². The Bertz CT molecular complexity index is 806. The number of ether oxygens (including phenoxy) is 3. The molecule has 2 amide bonds. The number of hydrogen-bond donors (Lipinski definition) is 2. The Morgan fingerprint density at radius 1 is 1.08 bits per heavy atom. The number of rotatable bonds is 7. The average molecular weight is 356 g/mol. The zero-order valence-corrected chi connectivity index (χ0v) is 14.4. The van der Waals surface area contributed by atoms with Crippen LogP contribution in [-0.2, 0) is 16.0 Å². The van der Waals surface area contributed by atoms with Gasteiger partial charge in [-0.3, -0.25) is 9.59 Å². The molecule has 0 bridgehead atoms. The number of nitrogens with one attached hydrogen (secondary N) is 2. The van der Waals surface area contributed by atoms with Crippen LogP contribution in [0.1, 0.15) is 12.0 Å². The van der Waals surface area contributed by atoms with Crippen LogP contribution in [0.15, 0.2) is 42.5 Å². The molecule has 0 radical (unpaired) electrons. The van der Waals surface area contributed by atoms with Crippen LogP contribution in [0.5, 0.6) is 17.2 Å². The van der Waals surface area contributed by atoms with Gasteiger partial charge in [-0.1, -0.05) is 12.1 Å². The SMILES string of the molecule is COc1cccc(CCNC(=O)CC(=O)Nc2ccc3c(c2)OCO3)c1. The smallest absolute Gasteiger partial charge is 0.233 e. The molecular weight excluding hydrogens is 336 g/mol. The highest BCUT2D eigenvalue weighted by Crippen LogP contribution is 2.34. The lowest BCUT2D eigenvalue weighted by Gasteiger charge is -2.08. The van der Waals surface area contributed by atoms with E-state index in [1.165, 1.54) is 0 Å². The van der Waals surface area contributed by atoms with E-state index in [1.54, 1.807) is 25.3 Å². The van der Waals surface area contributed by atoms with Crippen molar-refractivity contribution in [1.82, 2.24) is 5.32 Å². The van der Waals surface area contributed by atoms with Gasteiger partial charge in [-0.05, 0) is 36.2 Å². The first kappa shape index (κ1) is 17.6. The van der Waals surface area contributed by atoms with E-state index in [2.05, 4.69) is 10.6 Å². The van der Waals surface area contributed by atoms with E-state index in [-0.39, 0.29) is 25.0 Å². The van der Waals surface area contributed by atoms with E-state index < -0.39 is 0 Å². The lowest BCUT2D eigenvalue weighted by Crippen LogP contribution is -2.29. The fourth-order valence-corrected chi connectivity index (χ4v) is 2.56. The van der Waals surface area contributed by atoms with E-state index in [9.17, 15) is 9.59 Å². The topological polar surface area (TPSA) is 85.9 Å². The summed E-state index contributed by atoms with van der Waals surface area (Å²) in [6.45, 7) is 0.617. The summed E-state index contributed by atoms with van der Waals surface area (Å²) in [5, 5.41) is 5.42. The third-order valence-corrected chi connectivity index (χ3v) is 3.85. The maximum absolute atomic E-state index is 12.0. The molecule has 1 heterocycles. The normalized spacial score (nSPS) is 11.7. The highest BCUT2D eigenvalue weighted by Gasteiger charge is 2.15. The quantitative estimate of drug-likeness (QED) is 0.742. The minimum Gasteiger partial charge on any atom is -0.497 e. The maximum atomic E-state index is 12.0. The van der Waals surface area contributed by atoms with Crippen molar-refractivity contribution >= 4 is 17.5 Å². The number of benzene rings is 2. The minimum absolute atomic E-state index is 0.169. The molecule has 0 atom stereocenters. The number of carbonyl (C=O) groups is 2. The number of methoxy groups -OCH3 is 1. The lowest BCUT2D eigenvalue weighted by molar-refractivity contribution is -0.126. The Labute approximate surface area is 151 Å². The van der Waals surface area contributed by atoms with Gasteiger partial charge in [0, 0.05) is 18.3 Å². The molecule has 0 unspecified atom stereocenters. The summed E-state index contributed by atoms with van der Waals surface area (Å²) in [5.74, 6) is 1.27. The summed E-state index contributed by atoms with van der Waals surface area (Å²) in [7, 11) is 1.61. The van der Waals surface area contributed by atoms with Crippen molar-refractivity contribution in [3.63, 3.8) is 0 Å². The second-order valence-corrected chi connectivity index (χ2v) is 5.74. The summed E-state index contributed by atoms with van der Waals surface area (Å²) >= 11 is 0. The first-order valence-corrected chi connectivity index (χ1v) is 8.23. The molecule has 2 aromatic carbocycles. The summed E-state index contributed by atoms with van der Waals surface area (Å²) in [6, 6.07) is 12.7. The molecule has 0 aromatic heterocycles. The lowest BCUT2D eigenvalue weighted by atomic mass is 10.1. The monoisotopic (exact) mass is 356 g/mol. The van der Waals surface area contributed by atoms with Crippen LogP contribution in [0.25, 0.3) is 0 Å². The molecular formula is C19H20N2O5. The number of hydrogen-bond acceptors (Lipinski definition) is 5. The zero-order valence-electron chi connectivity index (χ0n) is 14.4. The fourth-order valence-electron chi connectivity index (χ4n) is 2.56. The van der Waals surface area contributed by atoms with Crippen molar-refractivity contribution in [3.8, 4) is 17.2 Å². The Balaban J connectivity index is 1.42. The van der Waals surface area contributed by atoms with Crippen molar-refractivity contribution in [2.45, 2.75) is 12.8 Å². The predicted octanol–water partition coefficient (Wildman–Crippen LogP) is 2.11. The number of amides is 2. The second-order valence-electron chi connectivity index (χ2n) is 5.74. The molecule has 3 rings (SSSR count). The van der Waals surface area contributed by atoms with Gasteiger partial charge in [0.05, 0.1) is 7.11 Å². The standard InChI is InChI=1S/C19H20N2O5/c1-24-15-4-2-3-13(9-15)7-8-20-18(22)11-19(23)21-14-5-6-16-17(10-14)26-12-25-16/h2-6,9-10H,7-8,11-12H2,1H3,(H,20,22)(H,21,23). The molecule has 7 heteroatoms. The number of carbonyl (C=O) groups excluding carboxylic acids is 2. The molecule has 7 nitrogen and oxygen atoms in total. The Hall–Kier alpha value is -3.22. The van der Waals surface area contributed by atoms with E-state index >= 15 is 0 Å². The maximum Gasteiger partial charge on any atom is 0.233 e. The molecule has 0 spiro atoms. The fraction of sp³-hybridized carbons (Fsp3) is 0.263. The Morgan fingerprint density at radius 2 is 1.92 bits per heavy atom. The van der Waals surface area contributed by atoms with Gasteiger partial charge < -0.3 is 24.8 Å². The molecule has 0 aliphatic carbocycles. The molecule has 0 saturated heterocycles. The third kappa shape index (κ3) is 4.66. The minimum atomic E-state index is -0.386. The van der Waals surface area contributed by atoms with Crippen molar-refractivity contribution in [3.05, 3.63) is 48.0 Å². The summed E-state index contributed by atoms with van der Waals surface area (Å²) in [4.78, 5) is 23.9. The van der Waals surface area contributed by atoms with Gasteiger partial charge in [0.15, 0.2) is 11.5 Å². The van der Waals surface area contributed by atoms with Gasteiger partial charge in [0.25, 0.3) is 0 Å². The molecule has 1 aliphatic rings. The van der Waals surface area contributed by atoms with E-state index in [1.807, 2.05) is 24.3 Å². The summed E-state index contributed by atoms with van der Waals surface area (Å²) < 4.78 is 15.6. The van der Waals surface area contributed by atoms with Crippen LogP contribution >= 0.6 is 0 Å². The first-order chi connectivity index (χ1) is 12.6. The highest BCUT2D eigenvalue weighted by molar-refractivity contribution is 6.03. The van der Waals surface area contributed by atoms with Gasteiger partial charge in [-0.15, -0.1) is 0 Å². The van der Waals surface area contributed by atoms with Gasteiger partial charge in [-0.2, -0.15) is 0 Å². The van der Waals surface area contributed by atoms with Crippen LogP contribution < -0.4 is 24.8 Å². The molecule has 136 valence electrons. The van der Waals surface area contributed by atoms with Crippen LogP contribution in [0.2, 0.25) is 0 Å². The van der Waals surface area contributed by atoms with Crippen molar-refractivity contribution in [2.75, 3.05) is 25.8 Å². The van der Waals surface area contributed by atoms with Gasteiger partial charge >= 0.3 is 0 Å². The zero-order chi connectivity index (χ0) is 18.4. The van der Waals surface area contributed by atoms with Crippen molar-refractivity contribution < 1.29 is 23.8 Å². The Kier molecular flexibility index (Phi) is 5.58. The second kappa shape index (κ2) is 8.24. The highest BCUT2D eigenvalue weighted by atomic mass is 16.7. The van der Waals surface area contributed by atoms with Crippen LogP contribution in [0, 0.1) is 0 Å². The molecule has 0 saturated carbocycles. The van der Waals surface area contributed by atoms with Crippen molar-refractivity contribution in [1.29, 1.82) is 0 Å². The summed E-state index contributed by atoms with van der Waals surface area (Å²) in [6.07, 6.45) is 0.416. The Morgan fingerprint density at radius 3 is 2.77 bits per heavy atom. The van der Waals surface area contributed by atoms with E-state index in [4.69, 9.17) is 14.2 Å². The molecule has 2 N–H and O–H groups in total. The number of anilines is 1. The van der Waals surface area contributed by atoms with E-state index in [0.29, 0.717) is 30.2 Å². The first-order valence-electron chi connectivity index (χ1n) is 8.23. The van der Waals surface area contributed by atoms with Crippen molar-refractivity contribution in [2.24, 2.45) is 0 Å². The molecule has 1 aliphatic heterocycles. The van der Waals surface area contributed by atoms with Crippen LogP contribution in [0.4, 0.5) is 5.69 Å². The molecule has 0 fully saturated rings. The van der Waals surface area contributed by atoms with Crippen LogP contribution in [0.3, 0.4) is 0 Å². The number of fused-ring (bicyclic) bond motifs is 1. The van der Waals surface area contributed by atoms with Gasteiger partial charge in [0.1, 0.15) is 12.2 Å². The van der Waals surface area contributed by atoms with Gasteiger partial charge in [0.2, 0.25) is 18.6 Å². The summed E-state index contributed by atoms with van der Waals surface area (Å²) in [5.41, 5.74) is 1.61. The van der Waals surface area contributed by atoms with Gasteiger partial charge in [-0.25, -0.2) is 0 Å². The third-order valence-electron chi connectivity index (χ3n) is 3.85. The molecule has 2 aromatic rings. The van der Waals surface area contributed by atoms with E-state index in [0.717, 1.165) is 11.3 Å². The molecule has 26 heavy (non-hydrogen) atoms. The largest absolute Gasteiger partial charge is 0.497 e. The predicted molar refractivity (Wildman–Crippen MR) is 95.5 cm³/mol.